The molecule has 7 nitrogen and oxygen atoms in total. The molecular formula is C21H29N2O5+. The molecule has 2 rings (SSSR count). The molecule has 2 aromatic carbocycles. The lowest BCUT2D eigenvalue weighted by Crippen LogP contribution is -3.08. The van der Waals surface area contributed by atoms with Gasteiger partial charge in [0.25, 0.3) is 5.91 Å². The van der Waals surface area contributed by atoms with Crippen molar-refractivity contribution in [2.45, 2.75) is 13.1 Å². The molecule has 0 heterocycles. The predicted octanol–water partition coefficient (Wildman–Crippen LogP) is 1.05. The van der Waals surface area contributed by atoms with Crippen molar-refractivity contribution in [2.24, 2.45) is 0 Å². The minimum Gasteiger partial charge on any atom is -0.497 e. The number of benzene rings is 2. The molecule has 1 unspecified atom stereocenters. The van der Waals surface area contributed by atoms with Gasteiger partial charge in [-0.25, -0.2) is 0 Å². The Balaban J connectivity index is 1.92. The van der Waals surface area contributed by atoms with Crippen molar-refractivity contribution in [2.75, 3.05) is 42.0 Å². The van der Waals surface area contributed by atoms with Gasteiger partial charge in [0, 0.05) is 23.7 Å². The van der Waals surface area contributed by atoms with Gasteiger partial charge >= 0.3 is 0 Å². The van der Waals surface area contributed by atoms with E-state index in [9.17, 15) is 4.79 Å². The summed E-state index contributed by atoms with van der Waals surface area (Å²) in [7, 11) is 8.36. The van der Waals surface area contributed by atoms with Gasteiger partial charge in [-0.1, -0.05) is 0 Å². The number of carbonyl (C=O) groups excluding carboxylic acids is 1. The van der Waals surface area contributed by atoms with Crippen molar-refractivity contribution in [1.29, 1.82) is 0 Å². The maximum absolute atomic E-state index is 12.3. The van der Waals surface area contributed by atoms with Crippen molar-refractivity contribution in [3.8, 4) is 23.0 Å². The smallest absolute Gasteiger partial charge is 0.275 e. The molecule has 0 bridgehead atoms. The normalized spacial score (nSPS) is 11.5. The average Bonchev–Trinajstić information content (AvgIpc) is 2.71. The number of ether oxygens (including phenoxy) is 4. The van der Waals surface area contributed by atoms with E-state index in [0.717, 1.165) is 28.3 Å². The van der Waals surface area contributed by atoms with Crippen LogP contribution in [0.5, 0.6) is 23.0 Å². The predicted molar refractivity (Wildman–Crippen MR) is 106 cm³/mol. The molecule has 1 amide bonds. The second-order valence-corrected chi connectivity index (χ2v) is 6.45. The zero-order valence-corrected chi connectivity index (χ0v) is 17.1. The van der Waals surface area contributed by atoms with Gasteiger partial charge in [0.15, 0.2) is 18.0 Å². The van der Waals surface area contributed by atoms with Crippen LogP contribution in [0.4, 0.5) is 0 Å². The number of amides is 1. The van der Waals surface area contributed by atoms with E-state index in [4.69, 9.17) is 18.9 Å². The molecule has 0 aliphatic carbocycles. The first-order chi connectivity index (χ1) is 13.5. The van der Waals surface area contributed by atoms with Gasteiger partial charge in [0.1, 0.15) is 18.0 Å². The first-order valence-corrected chi connectivity index (χ1v) is 9.00. The van der Waals surface area contributed by atoms with Crippen molar-refractivity contribution in [3.05, 3.63) is 47.5 Å². The standard InChI is InChI=1S/C21H28N2O5/c1-23(13-15-6-8-17(25-2)9-7-15)14-21(24)22-12-16-10-19(27-4)20(28-5)11-18(16)26-3/h6-11H,12-14H2,1-5H3,(H,22,24)/p+1. The SMILES string of the molecule is COc1ccc(C[NH+](C)CC(=O)NCc2cc(OC)c(OC)cc2OC)cc1. The minimum absolute atomic E-state index is 0.0390. The van der Waals surface area contributed by atoms with E-state index >= 15 is 0 Å². The molecule has 0 aromatic heterocycles. The van der Waals surface area contributed by atoms with Crippen LogP contribution in [0.15, 0.2) is 36.4 Å². The van der Waals surface area contributed by atoms with Gasteiger partial charge < -0.3 is 29.2 Å². The van der Waals surface area contributed by atoms with Gasteiger partial charge in [0.2, 0.25) is 0 Å². The van der Waals surface area contributed by atoms with E-state index in [1.807, 2.05) is 37.4 Å². The lowest BCUT2D eigenvalue weighted by Gasteiger charge is -2.16. The molecule has 2 N–H and O–H groups in total. The molecule has 152 valence electrons. The van der Waals surface area contributed by atoms with Gasteiger partial charge in [0.05, 0.1) is 35.5 Å². The number of nitrogens with one attached hydrogen (secondary N) is 2. The number of likely N-dealkylation sites (N-methyl/N-ethyl adjacent to an activating group) is 1. The van der Waals surface area contributed by atoms with Crippen LogP contribution in [-0.4, -0.2) is 47.9 Å². The largest absolute Gasteiger partial charge is 0.497 e. The summed E-state index contributed by atoms with van der Waals surface area (Å²) in [5.74, 6) is 2.59. The van der Waals surface area contributed by atoms with E-state index in [-0.39, 0.29) is 5.91 Å². The Hall–Kier alpha value is -2.93. The number of carbonyl (C=O) groups is 1. The second kappa shape index (κ2) is 10.4. The molecule has 0 radical (unpaired) electrons. The molecule has 28 heavy (non-hydrogen) atoms. The third-order valence-corrected chi connectivity index (χ3v) is 4.39. The van der Waals surface area contributed by atoms with Crippen LogP contribution in [0, 0.1) is 0 Å². The fourth-order valence-corrected chi connectivity index (χ4v) is 2.92. The number of quaternary nitrogens is 1. The van der Waals surface area contributed by atoms with E-state index in [1.165, 1.54) is 0 Å². The maximum Gasteiger partial charge on any atom is 0.275 e. The van der Waals surface area contributed by atoms with Crippen LogP contribution < -0.4 is 29.2 Å². The van der Waals surface area contributed by atoms with Crippen molar-refractivity contribution < 1.29 is 28.6 Å². The van der Waals surface area contributed by atoms with E-state index in [0.29, 0.717) is 30.3 Å². The highest BCUT2D eigenvalue weighted by Gasteiger charge is 2.15. The first-order valence-electron chi connectivity index (χ1n) is 9.00. The molecule has 1 atom stereocenters. The summed E-state index contributed by atoms with van der Waals surface area (Å²) in [6, 6.07) is 11.4. The Morgan fingerprint density at radius 3 is 2.07 bits per heavy atom. The summed E-state index contributed by atoms with van der Waals surface area (Å²) >= 11 is 0. The lowest BCUT2D eigenvalue weighted by molar-refractivity contribution is -0.885. The topological polar surface area (TPSA) is 70.5 Å². The van der Waals surface area contributed by atoms with Crippen LogP contribution in [0.3, 0.4) is 0 Å². The molecule has 0 fully saturated rings. The van der Waals surface area contributed by atoms with Gasteiger partial charge in [-0.05, 0) is 30.3 Å². The highest BCUT2D eigenvalue weighted by molar-refractivity contribution is 5.77. The Morgan fingerprint density at radius 2 is 1.50 bits per heavy atom. The summed E-state index contributed by atoms with van der Waals surface area (Å²) in [4.78, 5) is 13.4. The second-order valence-electron chi connectivity index (χ2n) is 6.45. The van der Waals surface area contributed by atoms with Crippen molar-refractivity contribution in [3.63, 3.8) is 0 Å². The molecule has 7 heteroatoms. The first kappa shape index (κ1) is 21.4. The Morgan fingerprint density at radius 1 is 0.893 bits per heavy atom. The van der Waals surface area contributed by atoms with Crippen molar-refractivity contribution >= 4 is 5.91 Å². The summed E-state index contributed by atoms with van der Waals surface area (Å²) in [6.45, 7) is 1.46. The van der Waals surface area contributed by atoms with E-state index in [1.54, 1.807) is 34.5 Å². The summed E-state index contributed by atoms with van der Waals surface area (Å²) in [6.07, 6.45) is 0. The Labute approximate surface area is 166 Å². The van der Waals surface area contributed by atoms with E-state index < -0.39 is 0 Å². The van der Waals surface area contributed by atoms with Crippen molar-refractivity contribution in [1.82, 2.24) is 5.32 Å². The molecule has 0 saturated heterocycles. The number of hydrogen-bond acceptors (Lipinski definition) is 5. The Kier molecular flexibility index (Phi) is 7.95. The number of rotatable bonds is 10. The third-order valence-electron chi connectivity index (χ3n) is 4.39. The van der Waals surface area contributed by atoms with Crippen LogP contribution in [0.25, 0.3) is 0 Å². The van der Waals surface area contributed by atoms with Crippen LogP contribution in [-0.2, 0) is 17.9 Å². The van der Waals surface area contributed by atoms with E-state index in [2.05, 4.69) is 5.32 Å². The zero-order chi connectivity index (χ0) is 20.5. The highest BCUT2D eigenvalue weighted by Crippen LogP contribution is 2.34. The van der Waals surface area contributed by atoms with Gasteiger partial charge in [-0.3, -0.25) is 4.79 Å². The van der Waals surface area contributed by atoms with Crippen LogP contribution >= 0.6 is 0 Å². The highest BCUT2D eigenvalue weighted by atomic mass is 16.5. The molecule has 0 aliphatic heterocycles. The number of methoxy groups -OCH3 is 4. The molecule has 2 aromatic rings. The third kappa shape index (κ3) is 5.79. The zero-order valence-electron chi connectivity index (χ0n) is 17.1. The van der Waals surface area contributed by atoms with Crippen LogP contribution in [0.2, 0.25) is 0 Å². The maximum atomic E-state index is 12.3. The average molecular weight is 389 g/mol. The Bertz CT molecular complexity index is 777. The summed E-state index contributed by atoms with van der Waals surface area (Å²) < 4.78 is 21.2. The molecular weight excluding hydrogens is 360 g/mol. The lowest BCUT2D eigenvalue weighted by atomic mass is 10.1. The monoisotopic (exact) mass is 389 g/mol. The molecule has 0 aliphatic rings. The van der Waals surface area contributed by atoms with Gasteiger partial charge in [-0.2, -0.15) is 0 Å². The quantitative estimate of drug-likeness (QED) is 0.636. The fourth-order valence-electron chi connectivity index (χ4n) is 2.92. The molecule has 0 saturated carbocycles. The summed E-state index contributed by atoms with van der Waals surface area (Å²) in [5.41, 5.74) is 1.97. The molecule has 0 spiro atoms. The summed E-state index contributed by atoms with van der Waals surface area (Å²) in [5, 5.41) is 2.94. The fraction of sp³-hybridized carbons (Fsp3) is 0.381. The minimum atomic E-state index is -0.0390. The van der Waals surface area contributed by atoms with Gasteiger partial charge in [-0.15, -0.1) is 0 Å². The van der Waals surface area contributed by atoms with Crippen LogP contribution in [0.1, 0.15) is 11.1 Å². The number of hydrogen-bond donors (Lipinski definition) is 2.